The van der Waals surface area contributed by atoms with E-state index in [2.05, 4.69) is 39.7 Å². The number of piperidine rings is 1. The summed E-state index contributed by atoms with van der Waals surface area (Å²) in [5.41, 5.74) is 5.85. The maximum Gasteiger partial charge on any atom is 0.271 e. The van der Waals surface area contributed by atoms with Crippen molar-refractivity contribution in [1.82, 2.24) is 10.3 Å². The van der Waals surface area contributed by atoms with Gasteiger partial charge in [0.2, 0.25) is 5.91 Å². The summed E-state index contributed by atoms with van der Waals surface area (Å²) in [6, 6.07) is 17.6. The van der Waals surface area contributed by atoms with Gasteiger partial charge in [-0.2, -0.15) is 5.10 Å². The first kappa shape index (κ1) is 25.3. The highest BCUT2D eigenvalue weighted by atomic mass is 32.2. The highest BCUT2D eigenvalue weighted by Gasteiger charge is 2.26. The quantitative estimate of drug-likeness (QED) is 0.307. The Morgan fingerprint density at radius 2 is 1.86 bits per heavy atom. The van der Waals surface area contributed by atoms with E-state index in [1.807, 2.05) is 30.0 Å². The molecule has 0 radical (unpaired) electrons. The fourth-order valence-electron chi connectivity index (χ4n) is 4.69. The molecule has 3 heterocycles. The van der Waals surface area contributed by atoms with Crippen LogP contribution >= 0.6 is 11.8 Å². The average Bonchev–Trinajstić information content (AvgIpc) is 3.39. The molecule has 8 heteroatoms. The van der Waals surface area contributed by atoms with E-state index in [1.165, 1.54) is 19.3 Å². The molecule has 0 unspecified atom stereocenters. The molecule has 7 nitrogen and oxygen atoms in total. The van der Waals surface area contributed by atoms with Crippen molar-refractivity contribution >= 4 is 35.5 Å². The molecule has 1 N–H and O–H groups in total. The average molecular weight is 517 g/mol. The monoisotopic (exact) mass is 516 g/mol. The molecule has 5 rings (SSSR count). The van der Waals surface area contributed by atoms with Gasteiger partial charge in [-0.15, -0.1) is 11.8 Å². The lowest BCUT2D eigenvalue weighted by atomic mass is 10.1. The Morgan fingerprint density at radius 1 is 1.05 bits per heavy atom. The van der Waals surface area contributed by atoms with Crippen LogP contribution in [0.25, 0.3) is 11.3 Å². The number of hydrazone groups is 1. The van der Waals surface area contributed by atoms with Gasteiger partial charge in [0.1, 0.15) is 11.5 Å². The van der Waals surface area contributed by atoms with Crippen molar-refractivity contribution in [2.45, 2.75) is 50.6 Å². The van der Waals surface area contributed by atoms with Crippen LogP contribution in [0.1, 0.15) is 54.3 Å². The zero-order valence-electron chi connectivity index (χ0n) is 21.1. The first-order valence-electron chi connectivity index (χ1n) is 12.9. The number of hydrogen-bond acceptors (Lipinski definition) is 6. The SMILES string of the molecule is CCC=NNC(=O)c1ccc(CN2C(=O)CSc3ccc(-c4ccc(CN5CCCCC5)o4)cc32)cc1. The third-order valence-corrected chi connectivity index (χ3v) is 7.72. The number of likely N-dealkylation sites (tertiary alicyclic amines) is 1. The van der Waals surface area contributed by atoms with Gasteiger partial charge in [0.05, 0.1) is 24.5 Å². The van der Waals surface area contributed by atoms with Crippen LogP contribution in [0.3, 0.4) is 0 Å². The minimum absolute atomic E-state index is 0.0654. The van der Waals surface area contributed by atoms with Gasteiger partial charge in [-0.25, -0.2) is 5.43 Å². The molecule has 1 aromatic heterocycles. The molecule has 2 aromatic carbocycles. The number of thioether (sulfide) groups is 1. The largest absolute Gasteiger partial charge is 0.460 e. The number of nitrogens with one attached hydrogen (secondary N) is 1. The third-order valence-electron chi connectivity index (χ3n) is 6.67. The summed E-state index contributed by atoms with van der Waals surface area (Å²) < 4.78 is 6.21. The van der Waals surface area contributed by atoms with Gasteiger partial charge in [-0.3, -0.25) is 14.5 Å². The van der Waals surface area contributed by atoms with Crippen molar-refractivity contribution in [3.05, 3.63) is 71.5 Å². The van der Waals surface area contributed by atoms with E-state index in [0.717, 1.165) is 59.3 Å². The van der Waals surface area contributed by atoms with Crippen molar-refractivity contribution in [1.29, 1.82) is 0 Å². The van der Waals surface area contributed by atoms with E-state index in [1.54, 1.807) is 30.1 Å². The number of benzene rings is 2. The standard InChI is InChI=1S/C29H32N4O3S/c1-2-14-30-31-29(35)22-8-6-21(7-9-22)18-33-25-17-23(10-13-27(25)37-20-28(33)34)26-12-11-24(36-26)19-32-15-4-3-5-16-32/h6-14,17H,2-5,15-16,18-20H2,1H3,(H,31,35). The molecule has 1 fully saturated rings. The smallest absolute Gasteiger partial charge is 0.271 e. The first-order chi connectivity index (χ1) is 18.1. The van der Waals surface area contributed by atoms with Crippen molar-refractivity contribution in [2.24, 2.45) is 5.10 Å². The van der Waals surface area contributed by atoms with Crippen molar-refractivity contribution < 1.29 is 14.0 Å². The number of hydrogen-bond donors (Lipinski definition) is 1. The zero-order chi connectivity index (χ0) is 25.6. The van der Waals surface area contributed by atoms with Gasteiger partial charge in [0.25, 0.3) is 5.91 Å². The van der Waals surface area contributed by atoms with Crippen molar-refractivity contribution in [3.8, 4) is 11.3 Å². The van der Waals surface area contributed by atoms with E-state index >= 15 is 0 Å². The van der Waals surface area contributed by atoms with Gasteiger partial charge >= 0.3 is 0 Å². The summed E-state index contributed by atoms with van der Waals surface area (Å²) >= 11 is 1.56. The van der Waals surface area contributed by atoms with Gasteiger partial charge in [0, 0.05) is 22.2 Å². The van der Waals surface area contributed by atoms with Crippen LogP contribution in [0.2, 0.25) is 0 Å². The third kappa shape index (κ3) is 6.14. The summed E-state index contributed by atoms with van der Waals surface area (Å²) in [4.78, 5) is 30.5. The lowest BCUT2D eigenvalue weighted by Crippen LogP contribution is -2.34. The Balaban J connectivity index is 1.31. The molecule has 192 valence electrons. The molecule has 2 amide bonds. The first-order valence-corrected chi connectivity index (χ1v) is 13.9. The molecule has 0 bridgehead atoms. The molecule has 3 aromatic rings. The number of fused-ring (bicyclic) bond motifs is 1. The number of amides is 2. The Kier molecular flexibility index (Phi) is 8.06. The Bertz CT molecular complexity index is 1280. The van der Waals surface area contributed by atoms with Crippen molar-refractivity contribution in [2.75, 3.05) is 23.7 Å². The second-order valence-corrected chi connectivity index (χ2v) is 10.4. The second kappa shape index (κ2) is 11.8. The van der Waals surface area contributed by atoms with Crippen LogP contribution in [0.15, 0.2) is 69.0 Å². The number of rotatable bonds is 8. The summed E-state index contributed by atoms with van der Waals surface area (Å²) in [6.45, 7) is 5.48. The Morgan fingerprint density at radius 3 is 2.65 bits per heavy atom. The van der Waals surface area contributed by atoms with Crippen LogP contribution in [0, 0.1) is 0 Å². The molecule has 0 saturated carbocycles. The molecular formula is C29H32N4O3S. The summed E-state index contributed by atoms with van der Waals surface area (Å²) in [7, 11) is 0. The minimum atomic E-state index is -0.255. The molecule has 0 spiro atoms. The number of carbonyl (C=O) groups is 2. The van der Waals surface area contributed by atoms with Gasteiger partial charge in [-0.1, -0.05) is 25.5 Å². The predicted molar refractivity (Wildman–Crippen MR) is 148 cm³/mol. The molecule has 0 atom stereocenters. The zero-order valence-corrected chi connectivity index (χ0v) is 21.9. The highest BCUT2D eigenvalue weighted by molar-refractivity contribution is 8.00. The molecule has 2 aliphatic rings. The van der Waals surface area contributed by atoms with E-state index in [0.29, 0.717) is 17.9 Å². The predicted octanol–water partition coefficient (Wildman–Crippen LogP) is 5.70. The summed E-state index contributed by atoms with van der Waals surface area (Å²) in [5, 5.41) is 3.89. The van der Waals surface area contributed by atoms with Gasteiger partial charge in [0.15, 0.2) is 0 Å². The number of nitrogens with zero attached hydrogens (tertiary/aromatic N) is 3. The van der Waals surface area contributed by atoms with Crippen LogP contribution < -0.4 is 10.3 Å². The Hall–Kier alpha value is -3.36. The lowest BCUT2D eigenvalue weighted by molar-refractivity contribution is -0.116. The normalized spacial score (nSPS) is 16.2. The molecule has 1 saturated heterocycles. The van der Waals surface area contributed by atoms with Gasteiger partial charge < -0.3 is 9.32 Å². The van der Waals surface area contributed by atoms with Crippen LogP contribution in [-0.4, -0.2) is 41.8 Å². The molecule has 37 heavy (non-hydrogen) atoms. The van der Waals surface area contributed by atoms with Crippen LogP contribution in [0.5, 0.6) is 0 Å². The summed E-state index contributed by atoms with van der Waals surface area (Å²) in [6.07, 6.45) is 6.23. The number of furan rings is 1. The lowest BCUT2D eigenvalue weighted by Gasteiger charge is -2.29. The Labute approximate surface area is 221 Å². The highest BCUT2D eigenvalue weighted by Crippen LogP contribution is 2.39. The van der Waals surface area contributed by atoms with Crippen LogP contribution in [-0.2, 0) is 17.9 Å². The minimum Gasteiger partial charge on any atom is -0.460 e. The maximum atomic E-state index is 13.0. The fraction of sp³-hybridized carbons (Fsp3) is 0.345. The second-order valence-electron chi connectivity index (χ2n) is 9.41. The van der Waals surface area contributed by atoms with E-state index in [9.17, 15) is 9.59 Å². The summed E-state index contributed by atoms with van der Waals surface area (Å²) in [5.74, 6) is 2.01. The maximum absolute atomic E-state index is 13.0. The topological polar surface area (TPSA) is 78.2 Å². The molecular weight excluding hydrogens is 484 g/mol. The van der Waals surface area contributed by atoms with Crippen LogP contribution in [0.4, 0.5) is 5.69 Å². The molecule has 2 aliphatic heterocycles. The van der Waals surface area contributed by atoms with E-state index in [-0.39, 0.29) is 11.8 Å². The van der Waals surface area contributed by atoms with Crippen molar-refractivity contribution in [3.63, 3.8) is 0 Å². The fourth-order valence-corrected chi connectivity index (χ4v) is 5.60. The van der Waals surface area contributed by atoms with E-state index < -0.39 is 0 Å². The molecule has 0 aliphatic carbocycles. The number of carbonyl (C=O) groups excluding carboxylic acids is 2. The van der Waals surface area contributed by atoms with E-state index in [4.69, 9.17) is 4.42 Å². The number of anilines is 1. The van der Waals surface area contributed by atoms with Gasteiger partial charge in [-0.05, 0) is 80.4 Å².